The fraction of sp³-hybridized carbons (Fsp3) is 1.00. The Morgan fingerprint density at radius 1 is 1.07 bits per heavy atom. The fourth-order valence-corrected chi connectivity index (χ4v) is 1.23. The molecule has 0 radical (unpaired) electrons. The number of hydrogen-bond donors (Lipinski definition) is 1. The Labute approximate surface area is 89.4 Å². The van der Waals surface area contributed by atoms with E-state index in [1.54, 1.807) is 0 Å². The summed E-state index contributed by atoms with van der Waals surface area (Å²) in [5.74, 6) is 0. The minimum absolute atomic E-state index is 0.224. The topological polar surface area (TPSA) is 21.3 Å². The molecule has 0 atom stereocenters. The minimum Gasteiger partial charge on any atom is -0.381 e. The Bertz CT molecular complexity index is 147. The first-order valence-corrected chi connectivity index (χ1v) is 5.60. The van der Waals surface area contributed by atoms with Crippen molar-refractivity contribution in [2.75, 3.05) is 19.8 Å². The molecule has 0 unspecified atom stereocenters. The van der Waals surface area contributed by atoms with Crippen molar-refractivity contribution in [1.29, 1.82) is 0 Å². The maximum absolute atomic E-state index is 5.45. The van der Waals surface area contributed by atoms with Crippen molar-refractivity contribution in [2.24, 2.45) is 5.41 Å². The molecule has 0 bridgehead atoms. The molecular formula is C12H27NO. The van der Waals surface area contributed by atoms with Crippen LogP contribution < -0.4 is 5.32 Å². The SMILES string of the molecule is CCOCC(C)(C)CCNC(C)(C)C. The number of rotatable bonds is 6. The number of hydrogen-bond acceptors (Lipinski definition) is 2. The van der Waals surface area contributed by atoms with Gasteiger partial charge in [-0.15, -0.1) is 0 Å². The first-order chi connectivity index (χ1) is 6.27. The summed E-state index contributed by atoms with van der Waals surface area (Å²) in [7, 11) is 0. The van der Waals surface area contributed by atoms with Crippen LogP contribution in [0, 0.1) is 5.41 Å². The second-order valence-electron chi connectivity index (χ2n) is 5.73. The van der Waals surface area contributed by atoms with Crippen LogP contribution in [0.3, 0.4) is 0 Å². The molecule has 0 fully saturated rings. The van der Waals surface area contributed by atoms with Gasteiger partial charge in [-0.1, -0.05) is 13.8 Å². The summed E-state index contributed by atoms with van der Waals surface area (Å²) in [4.78, 5) is 0. The van der Waals surface area contributed by atoms with E-state index >= 15 is 0 Å². The van der Waals surface area contributed by atoms with Crippen molar-refractivity contribution in [1.82, 2.24) is 5.32 Å². The van der Waals surface area contributed by atoms with Gasteiger partial charge in [0.2, 0.25) is 0 Å². The van der Waals surface area contributed by atoms with Crippen LogP contribution in [0.25, 0.3) is 0 Å². The number of ether oxygens (including phenoxy) is 1. The Hall–Kier alpha value is -0.0800. The molecule has 0 rings (SSSR count). The molecule has 1 N–H and O–H groups in total. The van der Waals surface area contributed by atoms with Crippen LogP contribution in [-0.4, -0.2) is 25.3 Å². The van der Waals surface area contributed by atoms with E-state index < -0.39 is 0 Å². The molecule has 0 aromatic rings. The molecule has 0 aliphatic rings. The molecule has 0 aromatic carbocycles. The molecular weight excluding hydrogens is 174 g/mol. The van der Waals surface area contributed by atoms with Crippen molar-refractivity contribution in [3.8, 4) is 0 Å². The molecule has 86 valence electrons. The zero-order valence-electron chi connectivity index (χ0n) is 10.7. The Kier molecular flexibility index (Phi) is 5.68. The maximum Gasteiger partial charge on any atom is 0.0517 e. The highest BCUT2D eigenvalue weighted by atomic mass is 16.5. The second-order valence-corrected chi connectivity index (χ2v) is 5.73. The lowest BCUT2D eigenvalue weighted by atomic mass is 9.90. The smallest absolute Gasteiger partial charge is 0.0517 e. The van der Waals surface area contributed by atoms with Crippen LogP contribution in [0.1, 0.15) is 48.0 Å². The maximum atomic E-state index is 5.45. The monoisotopic (exact) mass is 201 g/mol. The zero-order chi connectivity index (χ0) is 11.2. The molecule has 0 saturated heterocycles. The predicted molar refractivity (Wildman–Crippen MR) is 62.6 cm³/mol. The first kappa shape index (κ1) is 13.9. The highest BCUT2D eigenvalue weighted by Gasteiger charge is 2.18. The highest BCUT2D eigenvalue weighted by Crippen LogP contribution is 2.20. The van der Waals surface area contributed by atoms with Gasteiger partial charge in [-0.25, -0.2) is 0 Å². The van der Waals surface area contributed by atoms with Gasteiger partial charge in [0.25, 0.3) is 0 Å². The van der Waals surface area contributed by atoms with Gasteiger partial charge in [-0.2, -0.15) is 0 Å². The van der Waals surface area contributed by atoms with E-state index in [4.69, 9.17) is 4.74 Å². The standard InChI is InChI=1S/C12H27NO/c1-7-14-10-12(5,6)8-9-13-11(2,3)4/h13H,7-10H2,1-6H3. The average Bonchev–Trinajstić information content (AvgIpc) is 1.98. The normalized spacial score (nSPS) is 13.3. The lowest BCUT2D eigenvalue weighted by Crippen LogP contribution is -2.38. The van der Waals surface area contributed by atoms with Gasteiger partial charge in [0.05, 0.1) is 6.61 Å². The molecule has 0 aromatic heterocycles. The van der Waals surface area contributed by atoms with Crippen LogP contribution in [0.15, 0.2) is 0 Å². The summed E-state index contributed by atoms with van der Waals surface area (Å²) in [5, 5.41) is 3.50. The van der Waals surface area contributed by atoms with Gasteiger partial charge < -0.3 is 10.1 Å². The van der Waals surface area contributed by atoms with E-state index in [-0.39, 0.29) is 11.0 Å². The van der Waals surface area contributed by atoms with Gasteiger partial charge in [0, 0.05) is 12.1 Å². The lowest BCUT2D eigenvalue weighted by molar-refractivity contribution is 0.0652. The quantitative estimate of drug-likeness (QED) is 0.713. The van der Waals surface area contributed by atoms with E-state index in [9.17, 15) is 0 Å². The molecule has 0 aliphatic carbocycles. The van der Waals surface area contributed by atoms with Crippen LogP contribution in [0.4, 0.5) is 0 Å². The predicted octanol–water partition coefficient (Wildman–Crippen LogP) is 2.83. The Morgan fingerprint density at radius 2 is 1.64 bits per heavy atom. The fourth-order valence-electron chi connectivity index (χ4n) is 1.23. The molecule has 0 spiro atoms. The summed E-state index contributed by atoms with van der Waals surface area (Å²) in [6.07, 6.45) is 1.16. The summed E-state index contributed by atoms with van der Waals surface area (Å²) < 4.78 is 5.45. The third-order valence-electron chi connectivity index (χ3n) is 2.15. The number of nitrogens with one attached hydrogen (secondary N) is 1. The Balaban J connectivity index is 3.65. The molecule has 2 nitrogen and oxygen atoms in total. The molecule has 2 heteroatoms. The van der Waals surface area contributed by atoms with E-state index in [1.165, 1.54) is 0 Å². The first-order valence-electron chi connectivity index (χ1n) is 5.60. The molecule has 0 aliphatic heterocycles. The summed E-state index contributed by atoms with van der Waals surface area (Å²) >= 11 is 0. The van der Waals surface area contributed by atoms with E-state index in [0.29, 0.717) is 0 Å². The van der Waals surface area contributed by atoms with Crippen molar-refractivity contribution in [2.45, 2.75) is 53.5 Å². The minimum atomic E-state index is 0.224. The molecule has 0 heterocycles. The summed E-state index contributed by atoms with van der Waals surface area (Å²) in [6, 6.07) is 0. The van der Waals surface area contributed by atoms with Gasteiger partial charge in [0.1, 0.15) is 0 Å². The Morgan fingerprint density at radius 3 is 2.07 bits per heavy atom. The van der Waals surface area contributed by atoms with Gasteiger partial charge in [0.15, 0.2) is 0 Å². The summed E-state index contributed by atoms with van der Waals surface area (Å²) in [5.41, 5.74) is 0.510. The molecule has 0 saturated carbocycles. The lowest BCUT2D eigenvalue weighted by Gasteiger charge is -2.27. The second kappa shape index (κ2) is 5.72. The molecule has 0 amide bonds. The molecule has 14 heavy (non-hydrogen) atoms. The van der Waals surface area contributed by atoms with Crippen molar-refractivity contribution < 1.29 is 4.74 Å². The van der Waals surface area contributed by atoms with Crippen LogP contribution >= 0.6 is 0 Å². The van der Waals surface area contributed by atoms with Crippen LogP contribution in [0.2, 0.25) is 0 Å². The summed E-state index contributed by atoms with van der Waals surface area (Å²) in [6.45, 7) is 15.9. The van der Waals surface area contributed by atoms with Crippen LogP contribution in [-0.2, 0) is 4.74 Å². The average molecular weight is 201 g/mol. The highest BCUT2D eigenvalue weighted by molar-refractivity contribution is 4.74. The zero-order valence-corrected chi connectivity index (χ0v) is 10.7. The van der Waals surface area contributed by atoms with Crippen molar-refractivity contribution in [3.05, 3.63) is 0 Å². The largest absolute Gasteiger partial charge is 0.381 e. The van der Waals surface area contributed by atoms with Crippen molar-refractivity contribution >= 4 is 0 Å². The van der Waals surface area contributed by atoms with E-state index in [2.05, 4.69) is 39.9 Å². The van der Waals surface area contributed by atoms with Gasteiger partial charge in [-0.3, -0.25) is 0 Å². The van der Waals surface area contributed by atoms with Crippen LogP contribution in [0.5, 0.6) is 0 Å². The third kappa shape index (κ3) is 8.52. The third-order valence-corrected chi connectivity index (χ3v) is 2.15. The van der Waals surface area contributed by atoms with Crippen molar-refractivity contribution in [3.63, 3.8) is 0 Å². The van der Waals surface area contributed by atoms with Gasteiger partial charge >= 0.3 is 0 Å². The van der Waals surface area contributed by atoms with E-state index in [1.807, 2.05) is 6.92 Å². The van der Waals surface area contributed by atoms with E-state index in [0.717, 1.165) is 26.2 Å². The van der Waals surface area contributed by atoms with Gasteiger partial charge in [-0.05, 0) is 46.1 Å².